The highest BCUT2D eigenvalue weighted by Gasteiger charge is 2.15. The molecule has 0 bridgehead atoms. The standard InChI is InChI=1S/C13H20Br2N2/c1-3-9(4-2)5-13(17-16)10-6-11(14)8-12(15)7-10/h6-9,13,17H,3-5,16H2,1-2H3. The van der Waals surface area contributed by atoms with Gasteiger partial charge in [-0.15, -0.1) is 0 Å². The largest absolute Gasteiger partial charge is 0.271 e. The lowest BCUT2D eigenvalue weighted by Crippen LogP contribution is -2.29. The maximum Gasteiger partial charge on any atom is 0.0463 e. The third-order valence-electron chi connectivity index (χ3n) is 3.21. The second-order valence-electron chi connectivity index (χ2n) is 4.34. The molecule has 0 aliphatic heterocycles. The van der Waals surface area contributed by atoms with Crippen molar-refractivity contribution < 1.29 is 0 Å². The molecule has 1 rings (SSSR count). The Bertz CT molecular complexity index is 331. The van der Waals surface area contributed by atoms with Crippen LogP contribution in [0.15, 0.2) is 27.1 Å². The fraction of sp³-hybridized carbons (Fsp3) is 0.538. The minimum atomic E-state index is 0.216. The fourth-order valence-corrected chi connectivity index (χ4v) is 3.36. The SMILES string of the molecule is CCC(CC)CC(NN)c1cc(Br)cc(Br)c1. The Morgan fingerprint density at radius 3 is 2.06 bits per heavy atom. The number of benzene rings is 1. The molecule has 4 heteroatoms. The number of hydrazine groups is 1. The molecule has 0 heterocycles. The summed E-state index contributed by atoms with van der Waals surface area (Å²) in [6, 6.07) is 6.50. The second-order valence-corrected chi connectivity index (χ2v) is 6.17. The van der Waals surface area contributed by atoms with E-state index in [0.29, 0.717) is 5.92 Å². The van der Waals surface area contributed by atoms with Crippen molar-refractivity contribution in [3.05, 3.63) is 32.7 Å². The van der Waals surface area contributed by atoms with E-state index in [2.05, 4.69) is 63.3 Å². The zero-order chi connectivity index (χ0) is 12.8. The summed E-state index contributed by atoms with van der Waals surface area (Å²) in [6.07, 6.45) is 3.47. The van der Waals surface area contributed by atoms with Crippen LogP contribution in [0.5, 0.6) is 0 Å². The van der Waals surface area contributed by atoms with Gasteiger partial charge in [0.15, 0.2) is 0 Å². The van der Waals surface area contributed by atoms with E-state index in [1.165, 1.54) is 18.4 Å². The molecule has 1 aromatic rings. The molecule has 96 valence electrons. The molecule has 1 atom stereocenters. The van der Waals surface area contributed by atoms with E-state index in [1.807, 2.05) is 6.07 Å². The van der Waals surface area contributed by atoms with E-state index in [0.717, 1.165) is 15.4 Å². The van der Waals surface area contributed by atoms with Crippen LogP contribution in [-0.4, -0.2) is 0 Å². The molecule has 0 saturated heterocycles. The van der Waals surface area contributed by atoms with E-state index in [4.69, 9.17) is 5.84 Å². The van der Waals surface area contributed by atoms with Gasteiger partial charge < -0.3 is 0 Å². The van der Waals surface area contributed by atoms with E-state index in [-0.39, 0.29) is 6.04 Å². The predicted octanol–water partition coefficient (Wildman–Crippen LogP) is 4.54. The van der Waals surface area contributed by atoms with Crippen molar-refractivity contribution in [2.75, 3.05) is 0 Å². The van der Waals surface area contributed by atoms with Crippen LogP contribution in [0.25, 0.3) is 0 Å². The number of nitrogens with one attached hydrogen (secondary N) is 1. The lowest BCUT2D eigenvalue weighted by Gasteiger charge is -2.22. The minimum Gasteiger partial charge on any atom is -0.271 e. The maximum absolute atomic E-state index is 5.68. The topological polar surface area (TPSA) is 38.0 Å². The van der Waals surface area contributed by atoms with Gasteiger partial charge in [0.1, 0.15) is 0 Å². The van der Waals surface area contributed by atoms with Gasteiger partial charge in [-0.25, -0.2) is 0 Å². The quantitative estimate of drug-likeness (QED) is 0.575. The highest BCUT2D eigenvalue weighted by atomic mass is 79.9. The highest BCUT2D eigenvalue weighted by Crippen LogP contribution is 2.29. The van der Waals surface area contributed by atoms with E-state index >= 15 is 0 Å². The first-order chi connectivity index (χ1) is 8.10. The second kappa shape index (κ2) is 7.52. The molecule has 0 aliphatic rings. The molecule has 2 nitrogen and oxygen atoms in total. The lowest BCUT2D eigenvalue weighted by atomic mass is 9.91. The molecule has 3 N–H and O–H groups in total. The summed E-state index contributed by atoms with van der Waals surface area (Å²) in [5, 5.41) is 0. The van der Waals surface area contributed by atoms with Crippen molar-refractivity contribution in [2.45, 2.75) is 39.2 Å². The molecule has 1 unspecified atom stereocenters. The molecular formula is C13H20Br2N2. The van der Waals surface area contributed by atoms with Gasteiger partial charge in [-0.2, -0.15) is 0 Å². The van der Waals surface area contributed by atoms with Gasteiger partial charge in [-0.3, -0.25) is 11.3 Å². The summed E-state index contributed by atoms with van der Waals surface area (Å²) in [7, 11) is 0. The fourth-order valence-electron chi connectivity index (χ4n) is 2.03. The van der Waals surface area contributed by atoms with Crippen molar-refractivity contribution in [2.24, 2.45) is 11.8 Å². The number of halogens is 2. The maximum atomic E-state index is 5.68. The van der Waals surface area contributed by atoms with Crippen LogP contribution >= 0.6 is 31.9 Å². The Hall–Kier alpha value is 0.1000. The molecule has 0 radical (unpaired) electrons. The summed E-state index contributed by atoms with van der Waals surface area (Å²) in [5.41, 5.74) is 4.15. The van der Waals surface area contributed by atoms with Crippen molar-refractivity contribution in [1.82, 2.24) is 5.43 Å². The summed E-state index contributed by atoms with van der Waals surface area (Å²) in [6.45, 7) is 4.47. The number of nitrogens with two attached hydrogens (primary N) is 1. The van der Waals surface area contributed by atoms with Crippen LogP contribution in [0.1, 0.15) is 44.7 Å². The predicted molar refractivity (Wildman–Crippen MR) is 80.6 cm³/mol. The van der Waals surface area contributed by atoms with Gasteiger partial charge in [0.2, 0.25) is 0 Å². The minimum absolute atomic E-state index is 0.216. The van der Waals surface area contributed by atoms with Gasteiger partial charge in [0.25, 0.3) is 0 Å². The molecule has 1 aromatic carbocycles. The number of hydrogen-bond acceptors (Lipinski definition) is 2. The summed E-state index contributed by atoms with van der Waals surface area (Å²) < 4.78 is 2.15. The normalized spacial score (nSPS) is 13.1. The monoisotopic (exact) mass is 362 g/mol. The van der Waals surface area contributed by atoms with Crippen molar-refractivity contribution in [1.29, 1.82) is 0 Å². The molecule has 17 heavy (non-hydrogen) atoms. The third-order valence-corrected chi connectivity index (χ3v) is 4.13. The molecule has 0 saturated carbocycles. The summed E-state index contributed by atoms with van der Waals surface area (Å²) in [5.74, 6) is 6.40. The molecule has 0 amide bonds. The zero-order valence-electron chi connectivity index (χ0n) is 10.3. The van der Waals surface area contributed by atoms with Gasteiger partial charge in [-0.05, 0) is 36.1 Å². The van der Waals surface area contributed by atoms with Crippen molar-refractivity contribution >= 4 is 31.9 Å². The van der Waals surface area contributed by atoms with Gasteiger partial charge >= 0.3 is 0 Å². The van der Waals surface area contributed by atoms with Crippen LogP contribution in [0, 0.1) is 5.92 Å². The van der Waals surface area contributed by atoms with Crippen LogP contribution in [-0.2, 0) is 0 Å². The van der Waals surface area contributed by atoms with Crippen molar-refractivity contribution in [3.8, 4) is 0 Å². The van der Waals surface area contributed by atoms with Crippen molar-refractivity contribution in [3.63, 3.8) is 0 Å². The Labute approximate surface area is 121 Å². The van der Waals surface area contributed by atoms with Crippen LogP contribution in [0.2, 0.25) is 0 Å². The Morgan fingerprint density at radius 1 is 1.12 bits per heavy atom. The van der Waals surface area contributed by atoms with E-state index in [9.17, 15) is 0 Å². The van der Waals surface area contributed by atoms with Gasteiger partial charge in [-0.1, -0.05) is 58.5 Å². The average Bonchev–Trinajstić information content (AvgIpc) is 2.29. The lowest BCUT2D eigenvalue weighted by molar-refractivity contribution is 0.375. The van der Waals surface area contributed by atoms with Crippen LogP contribution < -0.4 is 11.3 Å². The van der Waals surface area contributed by atoms with E-state index < -0.39 is 0 Å². The molecule has 0 spiro atoms. The van der Waals surface area contributed by atoms with Crippen LogP contribution in [0.3, 0.4) is 0 Å². The van der Waals surface area contributed by atoms with Crippen LogP contribution in [0.4, 0.5) is 0 Å². The van der Waals surface area contributed by atoms with Gasteiger partial charge in [0.05, 0.1) is 0 Å². The van der Waals surface area contributed by atoms with Gasteiger partial charge in [0, 0.05) is 15.0 Å². The first-order valence-corrected chi connectivity index (χ1v) is 7.61. The average molecular weight is 364 g/mol. The smallest absolute Gasteiger partial charge is 0.0463 e. The zero-order valence-corrected chi connectivity index (χ0v) is 13.5. The molecule has 0 fully saturated rings. The first-order valence-electron chi connectivity index (χ1n) is 6.02. The Morgan fingerprint density at radius 2 is 1.65 bits per heavy atom. The number of rotatable bonds is 6. The Balaban J connectivity index is 2.85. The first kappa shape index (κ1) is 15.2. The molecular weight excluding hydrogens is 344 g/mol. The third kappa shape index (κ3) is 4.70. The highest BCUT2D eigenvalue weighted by molar-refractivity contribution is 9.11. The van der Waals surface area contributed by atoms with E-state index in [1.54, 1.807) is 0 Å². The molecule has 0 aliphatic carbocycles. The Kier molecular flexibility index (Phi) is 6.70. The summed E-state index contributed by atoms with van der Waals surface area (Å²) >= 11 is 7.02. The molecule has 0 aromatic heterocycles. The number of hydrogen-bond donors (Lipinski definition) is 2. The summed E-state index contributed by atoms with van der Waals surface area (Å²) in [4.78, 5) is 0.